The van der Waals surface area contributed by atoms with Crippen molar-refractivity contribution in [2.75, 3.05) is 39.9 Å². The number of ether oxygens (including phenoxy) is 2. The van der Waals surface area contributed by atoms with Crippen LogP contribution in [0.2, 0.25) is 5.02 Å². The van der Waals surface area contributed by atoms with Gasteiger partial charge in [-0.1, -0.05) is 48.0 Å². The lowest BCUT2D eigenvalue weighted by molar-refractivity contribution is 0.0436. The fraction of sp³-hybridized carbons (Fsp3) is 0.391. The van der Waals surface area contributed by atoms with E-state index in [-0.39, 0.29) is 12.6 Å². The maximum atomic E-state index is 10.7. The molecule has 0 saturated carbocycles. The first kappa shape index (κ1) is 21.7. The first-order valence-corrected chi connectivity index (χ1v) is 10.3. The van der Waals surface area contributed by atoms with Crippen LogP contribution in [-0.4, -0.2) is 56.0 Å². The van der Waals surface area contributed by atoms with Crippen LogP contribution in [0.25, 0.3) is 6.08 Å². The molecule has 0 bridgehead atoms. The van der Waals surface area contributed by atoms with E-state index in [2.05, 4.69) is 16.3 Å². The zero-order valence-electron chi connectivity index (χ0n) is 17.0. The molecule has 2 unspecified atom stereocenters. The summed E-state index contributed by atoms with van der Waals surface area (Å²) in [7, 11) is 1.64. The van der Waals surface area contributed by atoms with E-state index in [0.29, 0.717) is 6.54 Å². The molecule has 2 aromatic rings. The van der Waals surface area contributed by atoms with Crippen molar-refractivity contribution in [2.45, 2.75) is 19.1 Å². The summed E-state index contributed by atoms with van der Waals surface area (Å²) in [5.74, 6) is 1.52. The molecule has 1 aliphatic heterocycles. The van der Waals surface area contributed by atoms with Gasteiger partial charge in [0.2, 0.25) is 0 Å². The van der Waals surface area contributed by atoms with Gasteiger partial charge >= 0.3 is 0 Å². The molecule has 0 spiro atoms. The molecule has 0 aromatic heterocycles. The van der Waals surface area contributed by atoms with Gasteiger partial charge in [-0.3, -0.25) is 4.90 Å². The van der Waals surface area contributed by atoms with Gasteiger partial charge < -0.3 is 19.9 Å². The molecule has 2 N–H and O–H groups in total. The van der Waals surface area contributed by atoms with Gasteiger partial charge in [0.25, 0.3) is 0 Å². The number of piperazine rings is 1. The molecule has 5 nitrogen and oxygen atoms in total. The average molecular weight is 417 g/mol. The Morgan fingerprint density at radius 3 is 2.83 bits per heavy atom. The first-order chi connectivity index (χ1) is 14.1. The summed E-state index contributed by atoms with van der Waals surface area (Å²) in [5.41, 5.74) is 2.01. The topological polar surface area (TPSA) is 54.0 Å². The predicted octanol–water partition coefficient (Wildman–Crippen LogP) is 3.73. The zero-order valence-corrected chi connectivity index (χ0v) is 17.7. The highest BCUT2D eigenvalue weighted by Crippen LogP contribution is 2.28. The van der Waals surface area contributed by atoms with Crippen LogP contribution < -0.4 is 10.1 Å². The summed E-state index contributed by atoms with van der Waals surface area (Å²) in [6.45, 7) is 5.17. The third-order valence-corrected chi connectivity index (χ3v) is 5.44. The number of rotatable bonds is 8. The molecule has 156 valence electrons. The van der Waals surface area contributed by atoms with Crippen LogP contribution in [0.15, 0.2) is 54.3 Å². The summed E-state index contributed by atoms with van der Waals surface area (Å²) in [4.78, 5) is 2.27. The molecule has 6 heteroatoms. The van der Waals surface area contributed by atoms with Crippen molar-refractivity contribution in [3.63, 3.8) is 0 Å². The smallest absolute Gasteiger partial charge is 0.126 e. The number of para-hydroxylation sites is 1. The highest BCUT2D eigenvalue weighted by Gasteiger charge is 2.27. The molecule has 0 amide bonds. The van der Waals surface area contributed by atoms with Crippen LogP contribution in [0.3, 0.4) is 0 Å². The van der Waals surface area contributed by atoms with Crippen LogP contribution in [0.4, 0.5) is 0 Å². The van der Waals surface area contributed by atoms with Crippen molar-refractivity contribution in [2.24, 2.45) is 0 Å². The lowest BCUT2D eigenvalue weighted by Gasteiger charge is -2.38. The third-order valence-electron chi connectivity index (χ3n) is 5.09. The van der Waals surface area contributed by atoms with E-state index in [1.807, 2.05) is 55.5 Å². The molecule has 0 aliphatic carbocycles. The van der Waals surface area contributed by atoms with Crippen molar-refractivity contribution in [3.8, 4) is 5.75 Å². The van der Waals surface area contributed by atoms with Gasteiger partial charge in [-0.05, 0) is 30.7 Å². The van der Waals surface area contributed by atoms with Crippen LogP contribution in [0.5, 0.6) is 5.75 Å². The van der Waals surface area contributed by atoms with Crippen molar-refractivity contribution in [3.05, 3.63) is 70.4 Å². The second-order valence-corrected chi connectivity index (χ2v) is 7.61. The molecular formula is C23H29ClN2O3. The normalized spacial score (nSPS) is 19.0. The zero-order chi connectivity index (χ0) is 20.6. The fourth-order valence-electron chi connectivity index (χ4n) is 3.54. The van der Waals surface area contributed by atoms with Gasteiger partial charge in [0.05, 0.1) is 12.9 Å². The second kappa shape index (κ2) is 10.6. The average Bonchev–Trinajstić information content (AvgIpc) is 2.74. The van der Waals surface area contributed by atoms with E-state index in [1.54, 1.807) is 7.11 Å². The third kappa shape index (κ3) is 5.97. The molecule has 1 saturated heterocycles. The standard InChI is InChI=1S/C23H29ClN2O3/c1-17(28-2)13-18-7-3-6-10-23(18)29-16-19(27)15-26-12-11-25-14-22(26)20-8-4-5-9-21(20)24/h3-10,13,19,22,25,27H,11-12,14-16H2,1-2H3. The minimum absolute atomic E-state index is 0.131. The van der Waals surface area contributed by atoms with Gasteiger partial charge in [0.15, 0.2) is 0 Å². The number of β-amino-alcohol motifs (C(OH)–C–C–N with tert-alkyl or cyclic N) is 1. The number of benzene rings is 2. The van der Waals surface area contributed by atoms with Crippen LogP contribution in [0, 0.1) is 0 Å². The predicted molar refractivity (Wildman–Crippen MR) is 117 cm³/mol. The number of hydrogen-bond acceptors (Lipinski definition) is 5. The molecule has 29 heavy (non-hydrogen) atoms. The first-order valence-electron chi connectivity index (χ1n) is 9.90. The number of methoxy groups -OCH3 is 1. The number of allylic oxidation sites excluding steroid dienone is 1. The summed E-state index contributed by atoms with van der Waals surface area (Å²) in [6.07, 6.45) is 1.31. The monoisotopic (exact) mass is 416 g/mol. The van der Waals surface area contributed by atoms with Gasteiger partial charge in [-0.25, -0.2) is 0 Å². The van der Waals surface area contributed by atoms with Crippen molar-refractivity contribution in [1.82, 2.24) is 10.2 Å². The minimum atomic E-state index is -0.612. The lowest BCUT2D eigenvalue weighted by atomic mass is 10.0. The molecule has 1 aliphatic rings. The SMILES string of the molecule is COC(C)=Cc1ccccc1OCC(O)CN1CCNCC1c1ccccc1Cl. The Morgan fingerprint density at radius 2 is 2.03 bits per heavy atom. The second-order valence-electron chi connectivity index (χ2n) is 7.20. The maximum absolute atomic E-state index is 10.7. The van der Waals surface area contributed by atoms with E-state index in [1.165, 1.54) is 0 Å². The van der Waals surface area contributed by atoms with Crippen molar-refractivity contribution >= 4 is 17.7 Å². The molecule has 0 radical (unpaired) electrons. The Labute approximate surface area is 177 Å². The summed E-state index contributed by atoms with van der Waals surface area (Å²) in [5, 5.41) is 14.8. The number of nitrogens with zero attached hydrogens (tertiary/aromatic N) is 1. The number of aliphatic hydroxyl groups excluding tert-OH is 1. The summed E-state index contributed by atoms with van der Waals surface area (Å²) < 4.78 is 11.2. The van der Waals surface area contributed by atoms with Gasteiger partial charge in [-0.15, -0.1) is 0 Å². The highest BCUT2D eigenvalue weighted by molar-refractivity contribution is 6.31. The van der Waals surface area contributed by atoms with Crippen molar-refractivity contribution < 1.29 is 14.6 Å². The summed E-state index contributed by atoms with van der Waals surface area (Å²) >= 11 is 6.41. The largest absolute Gasteiger partial charge is 0.501 e. The number of nitrogens with one attached hydrogen (secondary N) is 1. The molecule has 3 rings (SSSR count). The quantitative estimate of drug-likeness (QED) is 0.642. The van der Waals surface area contributed by atoms with Crippen LogP contribution in [0.1, 0.15) is 24.1 Å². The Hall–Kier alpha value is -2.05. The summed E-state index contributed by atoms with van der Waals surface area (Å²) in [6, 6.07) is 15.8. The van der Waals surface area contributed by atoms with Gasteiger partial charge in [0, 0.05) is 42.8 Å². The van der Waals surface area contributed by atoms with E-state index in [9.17, 15) is 5.11 Å². The van der Waals surface area contributed by atoms with Crippen LogP contribution >= 0.6 is 11.6 Å². The van der Waals surface area contributed by atoms with Gasteiger partial charge in [-0.2, -0.15) is 0 Å². The van der Waals surface area contributed by atoms with Crippen LogP contribution in [-0.2, 0) is 4.74 Å². The molecule has 1 fully saturated rings. The minimum Gasteiger partial charge on any atom is -0.501 e. The van der Waals surface area contributed by atoms with E-state index >= 15 is 0 Å². The van der Waals surface area contributed by atoms with E-state index < -0.39 is 6.10 Å². The molecular weight excluding hydrogens is 388 g/mol. The maximum Gasteiger partial charge on any atom is 0.126 e. The van der Waals surface area contributed by atoms with Gasteiger partial charge in [0.1, 0.15) is 18.5 Å². The lowest BCUT2D eigenvalue weighted by Crippen LogP contribution is -2.49. The van der Waals surface area contributed by atoms with E-state index in [0.717, 1.165) is 47.3 Å². The number of hydrogen-bond donors (Lipinski definition) is 2. The van der Waals surface area contributed by atoms with E-state index in [4.69, 9.17) is 21.1 Å². The number of halogens is 1. The van der Waals surface area contributed by atoms with Crippen molar-refractivity contribution in [1.29, 1.82) is 0 Å². The highest BCUT2D eigenvalue weighted by atomic mass is 35.5. The number of aliphatic hydroxyl groups is 1. The Balaban J connectivity index is 1.63. The fourth-order valence-corrected chi connectivity index (χ4v) is 3.80. The Bertz CT molecular complexity index is 827. The Kier molecular flexibility index (Phi) is 7.95. The molecule has 2 aromatic carbocycles. The Morgan fingerprint density at radius 1 is 1.28 bits per heavy atom. The molecule has 1 heterocycles. The molecule has 2 atom stereocenters.